The molecule has 0 radical (unpaired) electrons. The Kier molecular flexibility index (Phi) is 9.53. The number of carbonyl (C=O) groups excluding carboxylic acids is 2. The number of hydrogen-bond acceptors (Lipinski definition) is 4. The number of amides is 3. The van der Waals surface area contributed by atoms with Gasteiger partial charge in [0.15, 0.2) is 0 Å². The molecule has 21 heavy (non-hydrogen) atoms. The van der Waals surface area contributed by atoms with Gasteiger partial charge in [-0.05, 0) is 42.9 Å². The molecule has 1 aromatic rings. The van der Waals surface area contributed by atoms with Crippen LogP contribution in [0.5, 0.6) is 0 Å². The molecule has 2 rings (SSSR count). The molecule has 0 aliphatic heterocycles. The topological polar surface area (TPSA) is 125 Å². The van der Waals surface area contributed by atoms with Crippen LogP contribution >= 0.6 is 11.6 Å². The van der Waals surface area contributed by atoms with Crippen LogP contribution in [-0.2, 0) is 17.6 Å². The fourth-order valence-electron chi connectivity index (χ4n) is 1.73. The van der Waals surface area contributed by atoms with Crippen LogP contribution < -0.4 is 11.5 Å². The standard InChI is InChI=1S/C10H11Cl.C2H5NO2.CH2N2O2/c11-10-7-3-5-8-4-1-2-6-9(8)10;1-5-2(3)4;2-1(4)3-5/h3,5,7H,1-2,4,6H2;1H3,(H2,3,4);(H2,2,4). The van der Waals surface area contributed by atoms with Gasteiger partial charge in [-0.15, -0.1) is 4.91 Å². The summed E-state index contributed by atoms with van der Waals surface area (Å²) in [5, 5.41) is 2.74. The molecule has 0 fully saturated rings. The van der Waals surface area contributed by atoms with Crippen molar-refractivity contribution in [3.63, 3.8) is 0 Å². The van der Waals surface area contributed by atoms with Crippen molar-refractivity contribution in [3.05, 3.63) is 39.3 Å². The predicted octanol–water partition coefficient (Wildman–Crippen LogP) is 2.76. The predicted molar refractivity (Wildman–Crippen MR) is 80.1 cm³/mol. The van der Waals surface area contributed by atoms with Crippen molar-refractivity contribution in [1.29, 1.82) is 0 Å². The van der Waals surface area contributed by atoms with Crippen LogP contribution in [0.2, 0.25) is 5.02 Å². The molecule has 116 valence electrons. The summed E-state index contributed by atoms with van der Waals surface area (Å²) in [4.78, 5) is 27.3. The van der Waals surface area contributed by atoms with E-state index in [1.165, 1.54) is 43.9 Å². The number of nitrogens with zero attached hydrogens (tertiary/aromatic N) is 1. The number of benzene rings is 1. The third kappa shape index (κ3) is 8.59. The quantitative estimate of drug-likeness (QED) is 0.714. The number of rotatable bonds is 0. The number of ether oxygens (including phenoxy) is 1. The molecule has 1 aliphatic carbocycles. The first-order valence-corrected chi connectivity index (χ1v) is 6.52. The Bertz CT molecular complexity index is 494. The molecule has 0 saturated heterocycles. The van der Waals surface area contributed by atoms with E-state index in [1.54, 1.807) is 5.18 Å². The second kappa shape index (κ2) is 10.6. The van der Waals surface area contributed by atoms with E-state index in [4.69, 9.17) is 21.3 Å². The highest BCUT2D eigenvalue weighted by molar-refractivity contribution is 6.31. The van der Waals surface area contributed by atoms with Crippen molar-refractivity contribution < 1.29 is 14.3 Å². The van der Waals surface area contributed by atoms with Crippen molar-refractivity contribution in [2.75, 3.05) is 7.11 Å². The van der Waals surface area contributed by atoms with Crippen LogP contribution in [0.15, 0.2) is 23.4 Å². The third-order valence-electron chi connectivity index (χ3n) is 2.63. The van der Waals surface area contributed by atoms with Crippen LogP contribution in [0.4, 0.5) is 9.59 Å². The van der Waals surface area contributed by atoms with Crippen LogP contribution in [-0.4, -0.2) is 19.2 Å². The van der Waals surface area contributed by atoms with E-state index in [0.29, 0.717) is 0 Å². The maximum Gasteiger partial charge on any atom is 0.404 e. The molecule has 0 unspecified atom stereocenters. The summed E-state index contributed by atoms with van der Waals surface area (Å²) in [6, 6.07) is 5.06. The fourth-order valence-corrected chi connectivity index (χ4v) is 2.02. The minimum absolute atomic E-state index is 0.745. The van der Waals surface area contributed by atoms with Crippen molar-refractivity contribution in [1.82, 2.24) is 0 Å². The zero-order valence-corrected chi connectivity index (χ0v) is 12.4. The van der Waals surface area contributed by atoms with Crippen LogP contribution in [0.1, 0.15) is 24.0 Å². The van der Waals surface area contributed by atoms with Gasteiger partial charge in [0.05, 0.1) is 7.11 Å². The number of nitrogens with two attached hydrogens (primary N) is 2. The van der Waals surface area contributed by atoms with E-state index in [0.717, 1.165) is 5.02 Å². The van der Waals surface area contributed by atoms with Gasteiger partial charge in [0, 0.05) is 10.2 Å². The summed E-state index contributed by atoms with van der Waals surface area (Å²) in [5.41, 5.74) is 11.5. The van der Waals surface area contributed by atoms with Crippen LogP contribution in [0.25, 0.3) is 0 Å². The first-order valence-electron chi connectivity index (χ1n) is 6.14. The molecule has 7 nitrogen and oxygen atoms in total. The highest BCUT2D eigenvalue weighted by Crippen LogP contribution is 2.27. The van der Waals surface area contributed by atoms with E-state index in [1.807, 2.05) is 12.1 Å². The number of carbonyl (C=O) groups is 2. The highest BCUT2D eigenvalue weighted by Gasteiger charge is 2.10. The Morgan fingerprint density at radius 1 is 1.24 bits per heavy atom. The fraction of sp³-hybridized carbons (Fsp3) is 0.385. The molecular formula is C13H18ClN3O4. The monoisotopic (exact) mass is 315 g/mol. The number of hydrogen-bond donors (Lipinski definition) is 2. The summed E-state index contributed by atoms with van der Waals surface area (Å²) in [5.74, 6) is 0. The SMILES string of the molecule is COC(N)=O.Clc1cccc2c1CCCC2.NC(=O)N=O. The second-order valence-corrected chi connectivity index (χ2v) is 4.44. The molecule has 0 spiro atoms. The van der Waals surface area contributed by atoms with E-state index >= 15 is 0 Å². The summed E-state index contributed by atoms with van der Waals surface area (Å²) in [7, 11) is 1.22. The molecule has 0 atom stereocenters. The van der Waals surface area contributed by atoms with Crippen molar-refractivity contribution >= 4 is 23.7 Å². The molecule has 0 heterocycles. The lowest BCUT2D eigenvalue weighted by molar-refractivity contribution is 0.182. The van der Waals surface area contributed by atoms with E-state index in [9.17, 15) is 4.79 Å². The van der Waals surface area contributed by atoms with Gasteiger partial charge < -0.3 is 16.2 Å². The van der Waals surface area contributed by atoms with Gasteiger partial charge in [0.2, 0.25) is 0 Å². The Morgan fingerprint density at radius 2 is 1.76 bits per heavy atom. The normalized spacial score (nSPS) is 11.5. The number of fused-ring (bicyclic) bond motifs is 1. The smallest absolute Gasteiger partial charge is 0.404 e. The lowest BCUT2D eigenvalue weighted by atomic mass is 9.92. The largest absolute Gasteiger partial charge is 0.453 e. The minimum atomic E-state index is -1.18. The van der Waals surface area contributed by atoms with E-state index in [2.05, 4.69) is 22.3 Å². The van der Waals surface area contributed by atoms with E-state index in [-0.39, 0.29) is 0 Å². The maximum atomic E-state index is 9.37. The molecule has 8 heteroatoms. The number of urea groups is 1. The maximum absolute atomic E-state index is 9.37. The molecule has 0 aromatic heterocycles. The van der Waals surface area contributed by atoms with Gasteiger partial charge in [-0.25, -0.2) is 9.59 Å². The van der Waals surface area contributed by atoms with Gasteiger partial charge in [0.25, 0.3) is 0 Å². The summed E-state index contributed by atoms with van der Waals surface area (Å²) in [6.07, 6.45) is 4.28. The molecule has 4 N–H and O–H groups in total. The molecule has 1 aromatic carbocycles. The van der Waals surface area contributed by atoms with Crippen LogP contribution in [0.3, 0.4) is 0 Å². The number of halogens is 1. The lowest BCUT2D eigenvalue weighted by Gasteiger charge is -2.15. The van der Waals surface area contributed by atoms with Gasteiger partial charge in [-0.1, -0.05) is 23.7 Å². The molecule has 1 aliphatic rings. The number of aryl methyl sites for hydroxylation is 1. The zero-order valence-electron chi connectivity index (χ0n) is 11.7. The Hall–Kier alpha value is -2.15. The van der Waals surface area contributed by atoms with Gasteiger partial charge >= 0.3 is 12.1 Å². The van der Waals surface area contributed by atoms with E-state index < -0.39 is 12.1 Å². The van der Waals surface area contributed by atoms with Gasteiger partial charge in [0.1, 0.15) is 0 Å². The summed E-state index contributed by atoms with van der Waals surface area (Å²) >= 11 is 6.04. The first kappa shape index (κ1) is 18.9. The molecule has 0 saturated carbocycles. The number of primary amides is 2. The Morgan fingerprint density at radius 3 is 2.19 bits per heavy atom. The van der Waals surface area contributed by atoms with Crippen molar-refractivity contribution in [2.24, 2.45) is 16.6 Å². The Balaban J connectivity index is 0.000000340. The number of nitroso groups, excluding NO2 is 1. The van der Waals surface area contributed by atoms with Crippen molar-refractivity contribution in [2.45, 2.75) is 25.7 Å². The molecule has 3 amide bonds. The van der Waals surface area contributed by atoms with Gasteiger partial charge in [-0.3, -0.25) is 0 Å². The number of methoxy groups -OCH3 is 1. The highest BCUT2D eigenvalue weighted by atomic mass is 35.5. The van der Waals surface area contributed by atoms with Gasteiger partial charge in [-0.2, -0.15) is 0 Å². The average Bonchev–Trinajstić information content (AvgIpc) is 2.49. The second-order valence-electron chi connectivity index (χ2n) is 4.04. The average molecular weight is 316 g/mol. The van der Waals surface area contributed by atoms with Crippen LogP contribution in [0, 0.1) is 4.91 Å². The lowest BCUT2D eigenvalue weighted by Crippen LogP contribution is -2.08. The summed E-state index contributed by atoms with van der Waals surface area (Å²) in [6.45, 7) is 0. The van der Waals surface area contributed by atoms with Crippen molar-refractivity contribution in [3.8, 4) is 0 Å². The summed E-state index contributed by atoms with van der Waals surface area (Å²) < 4.78 is 3.89. The minimum Gasteiger partial charge on any atom is -0.453 e. The molecule has 0 bridgehead atoms. The third-order valence-corrected chi connectivity index (χ3v) is 2.98. The zero-order chi connectivity index (χ0) is 16.3. The Labute approximate surface area is 127 Å². The molecular weight excluding hydrogens is 298 g/mol. The first-order chi connectivity index (χ1) is 9.92.